The van der Waals surface area contributed by atoms with Crippen molar-refractivity contribution in [3.63, 3.8) is 0 Å². The Labute approximate surface area is 201 Å². The van der Waals surface area contributed by atoms with E-state index in [9.17, 15) is 0 Å². The smallest absolute Gasteiger partial charge is 0.195 e. The first kappa shape index (κ1) is 24.9. The molecule has 8 heteroatoms. The van der Waals surface area contributed by atoms with Crippen LogP contribution < -0.4 is 15.4 Å². The maximum atomic E-state index is 5.78. The summed E-state index contributed by atoms with van der Waals surface area (Å²) in [5.74, 6) is 1.57. The molecule has 0 unspecified atom stereocenters. The number of methoxy groups -OCH3 is 1. The molecule has 3 aromatic rings. The number of nitrogens with zero attached hydrogens (tertiary/aromatic N) is 3. The van der Waals surface area contributed by atoms with Gasteiger partial charge in [-0.15, -0.1) is 24.0 Å². The van der Waals surface area contributed by atoms with Gasteiger partial charge in [-0.1, -0.05) is 12.1 Å². The molecule has 0 saturated heterocycles. The lowest BCUT2D eigenvalue weighted by atomic mass is 10.3. The van der Waals surface area contributed by atoms with Crippen LogP contribution in [0.4, 0.5) is 5.69 Å². The maximum Gasteiger partial charge on any atom is 0.195 e. The fourth-order valence-electron chi connectivity index (χ4n) is 3.11. The van der Waals surface area contributed by atoms with E-state index in [0.29, 0.717) is 19.8 Å². The number of hydrogen-bond acceptors (Lipinski definition) is 4. The highest BCUT2D eigenvalue weighted by molar-refractivity contribution is 14.0. The first-order valence-corrected chi connectivity index (χ1v) is 10.4. The van der Waals surface area contributed by atoms with E-state index in [-0.39, 0.29) is 24.0 Å². The van der Waals surface area contributed by atoms with Crippen LogP contribution in [0.1, 0.15) is 24.6 Å². The van der Waals surface area contributed by atoms with E-state index in [1.54, 1.807) is 7.11 Å². The zero-order valence-corrected chi connectivity index (χ0v) is 20.8. The van der Waals surface area contributed by atoms with Crippen LogP contribution in [0.3, 0.4) is 0 Å². The van der Waals surface area contributed by atoms with Gasteiger partial charge in [0.15, 0.2) is 5.96 Å². The van der Waals surface area contributed by atoms with Gasteiger partial charge >= 0.3 is 0 Å². The number of ether oxygens (including phenoxy) is 2. The van der Waals surface area contributed by atoms with Crippen molar-refractivity contribution in [3.8, 4) is 5.75 Å². The highest BCUT2D eigenvalue weighted by Gasteiger charge is 2.05. The van der Waals surface area contributed by atoms with Crippen molar-refractivity contribution in [2.45, 2.75) is 26.7 Å². The largest absolute Gasteiger partial charge is 0.493 e. The van der Waals surface area contributed by atoms with Crippen molar-refractivity contribution >= 4 is 41.3 Å². The summed E-state index contributed by atoms with van der Waals surface area (Å²) < 4.78 is 12.9. The van der Waals surface area contributed by atoms with E-state index in [1.807, 2.05) is 36.5 Å². The number of imidazole rings is 1. The lowest BCUT2D eigenvalue weighted by Crippen LogP contribution is -2.30. The summed E-state index contributed by atoms with van der Waals surface area (Å²) in [4.78, 5) is 9.42. The van der Waals surface area contributed by atoms with Crippen LogP contribution >= 0.6 is 24.0 Å². The second-order valence-corrected chi connectivity index (χ2v) is 7.01. The molecular weight excluding hydrogens is 505 g/mol. The molecule has 0 aliphatic heterocycles. The van der Waals surface area contributed by atoms with Crippen LogP contribution in [0, 0.1) is 6.92 Å². The van der Waals surface area contributed by atoms with Gasteiger partial charge in [-0.3, -0.25) is 4.99 Å². The number of nitrogens with one attached hydrogen (secondary N) is 2. The molecule has 168 valence electrons. The normalized spacial score (nSPS) is 11.3. The van der Waals surface area contributed by atoms with Gasteiger partial charge in [-0.25, -0.2) is 4.98 Å². The Kier molecular flexibility index (Phi) is 10.6. The van der Waals surface area contributed by atoms with Gasteiger partial charge in [0.25, 0.3) is 0 Å². The van der Waals surface area contributed by atoms with E-state index in [2.05, 4.69) is 41.1 Å². The molecule has 0 aliphatic carbocycles. The predicted molar refractivity (Wildman–Crippen MR) is 137 cm³/mol. The van der Waals surface area contributed by atoms with Crippen LogP contribution in [0.15, 0.2) is 53.8 Å². The van der Waals surface area contributed by atoms with Gasteiger partial charge in [-0.2, -0.15) is 0 Å². The maximum absolute atomic E-state index is 5.78. The number of aryl methyl sites for hydroxylation is 1. The van der Waals surface area contributed by atoms with E-state index < -0.39 is 0 Å². The third-order valence-corrected chi connectivity index (χ3v) is 4.57. The second kappa shape index (κ2) is 13.2. The molecule has 0 bridgehead atoms. The summed E-state index contributed by atoms with van der Waals surface area (Å²) in [5.41, 5.74) is 4.15. The molecule has 7 nitrogen and oxygen atoms in total. The number of hydrogen-bond donors (Lipinski definition) is 2. The minimum absolute atomic E-state index is 0. The molecule has 3 rings (SSSR count). The van der Waals surface area contributed by atoms with Gasteiger partial charge in [0.2, 0.25) is 0 Å². The van der Waals surface area contributed by atoms with Crippen molar-refractivity contribution in [2.24, 2.45) is 4.99 Å². The summed E-state index contributed by atoms with van der Waals surface area (Å²) >= 11 is 0. The van der Waals surface area contributed by atoms with E-state index in [0.717, 1.165) is 48.1 Å². The third kappa shape index (κ3) is 7.70. The minimum atomic E-state index is 0. The molecule has 2 aromatic heterocycles. The highest BCUT2D eigenvalue weighted by atomic mass is 127. The molecule has 0 amide bonds. The minimum Gasteiger partial charge on any atom is -0.493 e. The number of anilines is 1. The number of aliphatic imine (C=N–C) groups is 1. The number of halogens is 1. The molecule has 0 spiro atoms. The predicted octanol–water partition coefficient (Wildman–Crippen LogP) is 4.30. The summed E-state index contributed by atoms with van der Waals surface area (Å²) in [6.45, 7) is 6.88. The summed E-state index contributed by atoms with van der Waals surface area (Å²) in [6, 6.07) is 12.0. The van der Waals surface area contributed by atoms with Gasteiger partial charge in [0.1, 0.15) is 11.4 Å². The van der Waals surface area contributed by atoms with Gasteiger partial charge in [0.05, 0.1) is 12.3 Å². The summed E-state index contributed by atoms with van der Waals surface area (Å²) in [7, 11) is 1.70. The van der Waals surface area contributed by atoms with E-state index in [1.165, 1.54) is 5.56 Å². The Bertz CT molecular complexity index is 974. The van der Waals surface area contributed by atoms with Gasteiger partial charge in [0, 0.05) is 63.8 Å². The summed E-state index contributed by atoms with van der Waals surface area (Å²) in [6.07, 6.45) is 5.74. The average molecular weight is 537 g/mol. The summed E-state index contributed by atoms with van der Waals surface area (Å²) in [5, 5.41) is 6.64. The van der Waals surface area contributed by atoms with Crippen molar-refractivity contribution in [1.29, 1.82) is 0 Å². The zero-order chi connectivity index (χ0) is 21.2. The van der Waals surface area contributed by atoms with Crippen molar-refractivity contribution in [1.82, 2.24) is 14.7 Å². The topological polar surface area (TPSA) is 72.2 Å². The molecule has 1 aromatic carbocycles. The molecule has 0 saturated carbocycles. The molecule has 0 radical (unpaired) electrons. The monoisotopic (exact) mass is 537 g/mol. The van der Waals surface area contributed by atoms with E-state index in [4.69, 9.17) is 19.5 Å². The van der Waals surface area contributed by atoms with E-state index >= 15 is 0 Å². The molecule has 0 fully saturated rings. The number of guanidine groups is 1. The van der Waals surface area contributed by atoms with Crippen LogP contribution in [-0.2, 0) is 11.2 Å². The van der Waals surface area contributed by atoms with Crippen molar-refractivity contribution < 1.29 is 9.47 Å². The van der Waals surface area contributed by atoms with Gasteiger partial charge in [-0.05, 0) is 37.6 Å². The fourth-order valence-corrected chi connectivity index (χ4v) is 3.11. The Morgan fingerprint density at radius 1 is 1.19 bits per heavy atom. The Morgan fingerprint density at radius 3 is 2.84 bits per heavy atom. The molecule has 31 heavy (non-hydrogen) atoms. The number of fused-ring (bicyclic) bond motifs is 1. The second-order valence-electron chi connectivity index (χ2n) is 7.01. The molecule has 2 N–H and O–H groups in total. The molecule has 2 heterocycles. The van der Waals surface area contributed by atoms with Crippen LogP contribution in [0.2, 0.25) is 0 Å². The third-order valence-electron chi connectivity index (χ3n) is 4.57. The van der Waals surface area contributed by atoms with Crippen LogP contribution in [-0.4, -0.2) is 48.8 Å². The average Bonchev–Trinajstić information content (AvgIpc) is 3.16. The Morgan fingerprint density at radius 2 is 2.06 bits per heavy atom. The number of benzene rings is 1. The first-order valence-electron chi connectivity index (χ1n) is 10.4. The lowest BCUT2D eigenvalue weighted by Gasteiger charge is -2.12. The van der Waals surface area contributed by atoms with Crippen LogP contribution in [0.5, 0.6) is 5.75 Å². The standard InChI is InChI=1S/C23H31N5O2.HI/c1-4-24-23(27-19-9-5-10-21(16-19)30-15-7-14-29-3)25-12-11-20-17-28-13-6-8-18(2)22(28)26-20;/h5-6,8-10,13,16-17H,4,7,11-12,14-15H2,1-3H3,(H2,24,25,27);1H. The first-order chi connectivity index (χ1) is 14.7. The molecule has 0 atom stereocenters. The SMILES string of the molecule is CCNC(=NCCc1cn2cccc(C)c2n1)Nc1cccc(OCCCOC)c1.I. The fraction of sp³-hybridized carbons (Fsp3) is 0.391. The molecule has 0 aliphatic rings. The zero-order valence-electron chi connectivity index (χ0n) is 18.4. The number of aromatic nitrogens is 2. The number of rotatable bonds is 10. The molecular formula is C23H32IN5O2. The lowest BCUT2D eigenvalue weighted by molar-refractivity contribution is 0.172. The number of pyridine rings is 1. The quantitative estimate of drug-likeness (QED) is 0.175. The van der Waals surface area contributed by atoms with Crippen molar-refractivity contribution in [2.75, 3.05) is 38.7 Å². The Hall–Kier alpha value is -2.33. The Balaban J connectivity index is 0.00000341. The highest BCUT2D eigenvalue weighted by Crippen LogP contribution is 2.17. The van der Waals surface area contributed by atoms with Crippen molar-refractivity contribution in [3.05, 3.63) is 60.0 Å². The van der Waals surface area contributed by atoms with Crippen LogP contribution in [0.25, 0.3) is 5.65 Å². The van der Waals surface area contributed by atoms with Gasteiger partial charge < -0.3 is 24.5 Å².